The average molecular weight is 294 g/mol. The quantitative estimate of drug-likeness (QED) is 0.820. The molecule has 0 amide bonds. The fraction of sp³-hybridized carbons (Fsp3) is 0.500. The molecule has 0 radical (unpaired) electrons. The third-order valence-corrected chi connectivity index (χ3v) is 4.32. The smallest absolute Gasteiger partial charge is 0.212 e. The zero-order chi connectivity index (χ0) is 13.8. The van der Waals surface area contributed by atoms with Crippen LogP contribution in [0, 0.1) is 11.7 Å². The number of benzene rings is 1. The molecule has 1 aromatic carbocycles. The van der Waals surface area contributed by atoms with E-state index in [9.17, 15) is 12.8 Å². The van der Waals surface area contributed by atoms with E-state index in [0.29, 0.717) is 0 Å². The van der Waals surface area contributed by atoms with Gasteiger partial charge in [0.25, 0.3) is 0 Å². The van der Waals surface area contributed by atoms with Crippen LogP contribution < -0.4 is 4.72 Å². The highest BCUT2D eigenvalue weighted by Crippen LogP contribution is 2.22. The predicted octanol–water partition coefficient (Wildman–Crippen LogP) is 2.68. The van der Waals surface area contributed by atoms with Gasteiger partial charge in [-0.2, -0.15) is 0 Å². The molecule has 0 saturated heterocycles. The van der Waals surface area contributed by atoms with Crippen molar-refractivity contribution >= 4 is 21.6 Å². The van der Waals surface area contributed by atoms with E-state index in [1.54, 1.807) is 12.1 Å². The van der Waals surface area contributed by atoms with E-state index in [0.717, 1.165) is 5.56 Å². The molecule has 0 saturated carbocycles. The molecule has 0 aliphatic carbocycles. The van der Waals surface area contributed by atoms with Crippen LogP contribution >= 0.6 is 11.6 Å². The fourth-order valence-corrected chi connectivity index (χ4v) is 3.34. The second kappa shape index (κ2) is 6.50. The number of hydrogen-bond acceptors (Lipinski definition) is 2. The summed E-state index contributed by atoms with van der Waals surface area (Å²) in [4.78, 5) is 0. The highest BCUT2D eigenvalue weighted by molar-refractivity contribution is 7.89. The Balaban J connectivity index is 2.94. The van der Waals surface area contributed by atoms with Crippen molar-refractivity contribution in [2.75, 3.05) is 11.6 Å². The van der Waals surface area contributed by atoms with Gasteiger partial charge in [0.2, 0.25) is 10.0 Å². The Labute approximate surface area is 112 Å². The highest BCUT2D eigenvalue weighted by atomic mass is 35.5. The van der Waals surface area contributed by atoms with Gasteiger partial charge in [0, 0.05) is 11.9 Å². The summed E-state index contributed by atoms with van der Waals surface area (Å²) in [5.41, 5.74) is 0.740. The summed E-state index contributed by atoms with van der Waals surface area (Å²) in [7, 11) is -3.41. The van der Waals surface area contributed by atoms with Gasteiger partial charge in [0.05, 0.1) is 5.75 Å². The van der Waals surface area contributed by atoms with E-state index in [-0.39, 0.29) is 29.4 Å². The second-order valence-corrected chi connectivity index (χ2v) is 6.65. The lowest BCUT2D eigenvalue weighted by molar-refractivity contribution is 0.463. The summed E-state index contributed by atoms with van der Waals surface area (Å²) in [6.45, 7) is 3.80. The number of hydrogen-bond donors (Lipinski definition) is 1. The first kappa shape index (κ1) is 15.4. The van der Waals surface area contributed by atoms with Crippen molar-refractivity contribution in [3.63, 3.8) is 0 Å². The summed E-state index contributed by atoms with van der Waals surface area (Å²) in [5, 5.41) is 0. The number of nitrogens with one attached hydrogen (secondary N) is 1. The van der Waals surface area contributed by atoms with Crippen LogP contribution in [-0.4, -0.2) is 20.1 Å². The zero-order valence-electron chi connectivity index (χ0n) is 10.4. The Morgan fingerprint density at radius 3 is 2.28 bits per heavy atom. The molecule has 0 fully saturated rings. The predicted molar refractivity (Wildman–Crippen MR) is 71.6 cm³/mol. The van der Waals surface area contributed by atoms with Gasteiger partial charge in [-0.15, -0.1) is 11.6 Å². The van der Waals surface area contributed by atoms with E-state index in [1.165, 1.54) is 12.1 Å². The first-order valence-corrected chi connectivity index (χ1v) is 7.86. The van der Waals surface area contributed by atoms with Crippen molar-refractivity contribution in [3.8, 4) is 0 Å². The van der Waals surface area contributed by atoms with Crippen LogP contribution in [0.15, 0.2) is 24.3 Å². The number of alkyl halides is 1. The van der Waals surface area contributed by atoms with Crippen LogP contribution in [0.1, 0.15) is 25.5 Å². The van der Waals surface area contributed by atoms with Gasteiger partial charge in [-0.3, -0.25) is 0 Å². The Bertz CT molecular complexity index is 473. The van der Waals surface area contributed by atoms with Gasteiger partial charge in [-0.1, -0.05) is 26.0 Å². The monoisotopic (exact) mass is 293 g/mol. The van der Waals surface area contributed by atoms with Crippen LogP contribution in [0.25, 0.3) is 0 Å². The Morgan fingerprint density at radius 2 is 1.83 bits per heavy atom. The summed E-state index contributed by atoms with van der Waals surface area (Å²) in [5.74, 6) is -0.367. The summed E-state index contributed by atoms with van der Waals surface area (Å²) >= 11 is 5.45. The van der Waals surface area contributed by atoms with Crippen molar-refractivity contribution in [2.24, 2.45) is 5.92 Å². The Kier molecular flexibility index (Phi) is 5.56. The van der Waals surface area contributed by atoms with Gasteiger partial charge in [0.15, 0.2) is 0 Å². The first-order valence-electron chi connectivity index (χ1n) is 5.67. The topological polar surface area (TPSA) is 46.2 Å². The van der Waals surface area contributed by atoms with Crippen LogP contribution in [0.5, 0.6) is 0 Å². The van der Waals surface area contributed by atoms with Gasteiger partial charge in [-0.25, -0.2) is 17.5 Å². The lowest BCUT2D eigenvalue weighted by Gasteiger charge is -2.22. The second-order valence-electron chi connectivity index (χ2n) is 4.40. The van der Waals surface area contributed by atoms with E-state index in [1.807, 2.05) is 13.8 Å². The minimum atomic E-state index is -3.41. The van der Waals surface area contributed by atoms with Crippen molar-refractivity contribution in [3.05, 3.63) is 35.6 Å². The van der Waals surface area contributed by atoms with Crippen molar-refractivity contribution < 1.29 is 12.8 Å². The van der Waals surface area contributed by atoms with Gasteiger partial charge in [-0.05, 0) is 23.6 Å². The molecule has 1 unspecified atom stereocenters. The molecular weight excluding hydrogens is 277 g/mol. The first-order chi connectivity index (χ1) is 8.35. The molecule has 18 heavy (non-hydrogen) atoms. The molecule has 0 aliphatic heterocycles. The highest BCUT2D eigenvalue weighted by Gasteiger charge is 2.21. The average Bonchev–Trinajstić information content (AvgIpc) is 2.27. The summed E-state index contributed by atoms with van der Waals surface area (Å²) in [6.07, 6.45) is 0. The molecule has 102 valence electrons. The summed E-state index contributed by atoms with van der Waals surface area (Å²) < 4.78 is 38.9. The van der Waals surface area contributed by atoms with E-state index in [2.05, 4.69) is 4.72 Å². The molecule has 1 aromatic rings. The van der Waals surface area contributed by atoms with Gasteiger partial charge < -0.3 is 0 Å². The van der Waals surface area contributed by atoms with Gasteiger partial charge in [0.1, 0.15) is 5.82 Å². The minimum Gasteiger partial charge on any atom is -0.212 e. The van der Waals surface area contributed by atoms with E-state index in [4.69, 9.17) is 11.6 Å². The normalized spacial score (nSPS) is 13.8. The molecule has 0 bridgehead atoms. The zero-order valence-corrected chi connectivity index (χ0v) is 11.9. The fourth-order valence-electron chi connectivity index (χ4n) is 1.61. The summed E-state index contributed by atoms with van der Waals surface area (Å²) in [6, 6.07) is 5.44. The number of rotatable bonds is 6. The molecular formula is C12H17ClFNO2S. The maximum absolute atomic E-state index is 12.9. The maximum Gasteiger partial charge on any atom is 0.213 e. The number of sulfonamides is 1. The molecule has 0 spiro atoms. The van der Waals surface area contributed by atoms with E-state index < -0.39 is 10.0 Å². The Morgan fingerprint density at radius 1 is 1.28 bits per heavy atom. The molecule has 0 heterocycles. The van der Waals surface area contributed by atoms with Crippen molar-refractivity contribution in [2.45, 2.75) is 19.9 Å². The van der Waals surface area contributed by atoms with Crippen LogP contribution in [0.4, 0.5) is 4.39 Å². The maximum atomic E-state index is 12.9. The van der Waals surface area contributed by atoms with Crippen LogP contribution in [0.3, 0.4) is 0 Å². The van der Waals surface area contributed by atoms with Gasteiger partial charge >= 0.3 is 0 Å². The van der Waals surface area contributed by atoms with Crippen molar-refractivity contribution in [1.82, 2.24) is 4.72 Å². The molecule has 3 nitrogen and oxygen atoms in total. The van der Waals surface area contributed by atoms with Crippen LogP contribution in [-0.2, 0) is 10.0 Å². The molecule has 0 aliphatic rings. The van der Waals surface area contributed by atoms with E-state index >= 15 is 0 Å². The largest absolute Gasteiger partial charge is 0.213 e. The molecule has 0 aromatic heterocycles. The molecule has 1 N–H and O–H groups in total. The molecule has 6 heteroatoms. The SMILES string of the molecule is CC(C)C(NS(=O)(=O)CCCl)c1ccc(F)cc1. The standard InChI is InChI=1S/C12H17ClFNO2S/c1-9(2)12(15-18(16,17)8-7-13)10-3-5-11(14)6-4-10/h3-6,9,12,15H,7-8H2,1-2H3. The van der Waals surface area contributed by atoms with Crippen LogP contribution in [0.2, 0.25) is 0 Å². The Hall–Kier alpha value is -0.650. The lowest BCUT2D eigenvalue weighted by Crippen LogP contribution is -2.33. The minimum absolute atomic E-state index is 0.0452. The third-order valence-electron chi connectivity index (χ3n) is 2.55. The van der Waals surface area contributed by atoms with Crippen molar-refractivity contribution in [1.29, 1.82) is 0 Å². The third kappa shape index (κ3) is 4.55. The molecule has 1 atom stereocenters. The molecule has 1 rings (SSSR count). The lowest BCUT2D eigenvalue weighted by atomic mass is 9.97. The number of halogens is 2.